The van der Waals surface area contributed by atoms with E-state index in [0.29, 0.717) is 12.3 Å². The molecule has 0 fully saturated rings. The zero-order valence-corrected chi connectivity index (χ0v) is 11.0. The van der Waals surface area contributed by atoms with Gasteiger partial charge in [-0.15, -0.1) is 0 Å². The van der Waals surface area contributed by atoms with E-state index in [-0.39, 0.29) is 0 Å². The van der Waals surface area contributed by atoms with E-state index in [2.05, 4.69) is 27.4 Å². The van der Waals surface area contributed by atoms with E-state index in [1.165, 1.54) is 4.70 Å². The van der Waals surface area contributed by atoms with Crippen molar-refractivity contribution in [2.45, 2.75) is 6.54 Å². The van der Waals surface area contributed by atoms with Gasteiger partial charge < -0.3 is 5.21 Å². The molecule has 0 aliphatic rings. The summed E-state index contributed by atoms with van der Waals surface area (Å²) in [7, 11) is 0. The predicted molar refractivity (Wildman–Crippen MR) is 76.8 cm³/mol. The molecule has 3 rings (SSSR count). The molecule has 0 unspecified atom stereocenters. The van der Waals surface area contributed by atoms with Gasteiger partial charge in [0, 0.05) is 11.6 Å². The first kappa shape index (κ1) is 11.9. The highest BCUT2D eigenvalue weighted by molar-refractivity contribution is 7.16. The van der Waals surface area contributed by atoms with Crippen LogP contribution in [0.5, 0.6) is 0 Å². The molecule has 0 radical (unpaired) electrons. The van der Waals surface area contributed by atoms with Crippen LogP contribution in [-0.4, -0.2) is 10.9 Å². The number of para-hydroxylation sites is 1. The van der Waals surface area contributed by atoms with E-state index in [0.717, 1.165) is 11.1 Å². The summed E-state index contributed by atoms with van der Waals surface area (Å²) in [6, 6.07) is 17.9. The molecule has 0 spiro atoms. The SMILES string of the molecule is O/N=C(/C[n+]1csc2ccccc21)c1ccccc1. The van der Waals surface area contributed by atoms with Crippen LogP contribution in [0.15, 0.2) is 65.3 Å². The third-order valence-electron chi connectivity index (χ3n) is 3.03. The molecule has 19 heavy (non-hydrogen) atoms. The highest BCUT2D eigenvalue weighted by Gasteiger charge is 2.15. The molecular weight excluding hydrogens is 256 g/mol. The molecule has 94 valence electrons. The van der Waals surface area contributed by atoms with Crippen LogP contribution >= 0.6 is 11.3 Å². The Morgan fingerprint density at radius 3 is 2.58 bits per heavy atom. The molecule has 0 bridgehead atoms. The van der Waals surface area contributed by atoms with Gasteiger partial charge in [-0.1, -0.05) is 59.0 Å². The maximum absolute atomic E-state index is 9.23. The molecule has 0 aliphatic carbocycles. The topological polar surface area (TPSA) is 36.5 Å². The minimum absolute atomic E-state index is 0.560. The highest BCUT2D eigenvalue weighted by Crippen LogP contribution is 2.15. The van der Waals surface area contributed by atoms with Crippen molar-refractivity contribution in [1.82, 2.24) is 0 Å². The van der Waals surface area contributed by atoms with E-state index in [9.17, 15) is 5.21 Å². The number of aromatic nitrogens is 1. The number of benzene rings is 2. The van der Waals surface area contributed by atoms with Crippen molar-refractivity contribution < 1.29 is 9.77 Å². The molecule has 1 aromatic heterocycles. The lowest BCUT2D eigenvalue weighted by atomic mass is 10.1. The molecular formula is C15H13N2OS+. The zero-order valence-electron chi connectivity index (χ0n) is 10.2. The number of nitrogens with zero attached hydrogens (tertiary/aromatic N) is 2. The average Bonchev–Trinajstić information content (AvgIpc) is 2.89. The van der Waals surface area contributed by atoms with E-state index in [4.69, 9.17) is 0 Å². The molecule has 3 aromatic rings. The first-order valence-electron chi connectivity index (χ1n) is 6.00. The normalized spacial score (nSPS) is 11.9. The summed E-state index contributed by atoms with van der Waals surface area (Å²) in [4.78, 5) is 0. The fourth-order valence-corrected chi connectivity index (χ4v) is 2.96. The van der Waals surface area contributed by atoms with E-state index >= 15 is 0 Å². The van der Waals surface area contributed by atoms with Gasteiger partial charge in [-0.3, -0.25) is 0 Å². The van der Waals surface area contributed by atoms with Gasteiger partial charge in [-0.2, -0.15) is 4.57 Å². The van der Waals surface area contributed by atoms with Crippen LogP contribution in [0.3, 0.4) is 0 Å². The summed E-state index contributed by atoms with van der Waals surface area (Å²) >= 11 is 1.69. The van der Waals surface area contributed by atoms with Crippen LogP contribution in [0.1, 0.15) is 5.56 Å². The Kier molecular flexibility index (Phi) is 3.25. The Labute approximate surface area is 115 Å². The van der Waals surface area contributed by atoms with Gasteiger partial charge in [0.05, 0.1) is 0 Å². The molecule has 2 aromatic carbocycles. The Bertz CT molecular complexity index is 719. The predicted octanol–water partition coefficient (Wildman–Crippen LogP) is 3.07. The molecule has 0 aliphatic heterocycles. The summed E-state index contributed by atoms with van der Waals surface area (Å²) in [5.41, 5.74) is 4.81. The summed E-state index contributed by atoms with van der Waals surface area (Å²) in [6.45, 7) is 0.560. The summed E-state index contributed by atoms with van der Waals surface area (Å²) in [6.07, 6.45) is 0. The smallest absolute Gasteiger partial charge is 0.226 e. The van der Waals surface area contributed by atoms with Crippen LogP contribution < -0.4 is 4.57 Å². The van der Waals surface area contributed by atoms with Crippen molar-refractivity contribution in [3.63, 3.8) is 0 Å². The van der Waals surface area contributed by atoms with Crippen molar-refractivity contribution >= 4 is 27.3 Å². The molecule has 0 atom stereocenters. The third kappa shape index (κ3) is 2.35. The quantitative estimate of drug-likeness (QED) is 0.337. The molecule has 4 heteroatoms. The third-order valence-corrected chi connectivity index (χ3v) is 3.99. The number of oxime groups is 1. The lowest BCUT2D eigenvalue weighted by Gasteiger charge is -2.00. The first-order chi connectivity index (χ1) is 9.38. The molecule has 0 amide bonds. The summed E-state index contributed by atoms with van der Waals surface area (Å²) < 4.78 is 3.33. The molecule has 3 nitrogen and oxygen atoms in total. The summed E-state index contributed by atoms with van der Waals surface area (Å²) in [5, 5.41) is 12.7. The fraction of sp³-hybridized carbons (Fsp3) is 0.0667. The average molecular weight is 269 g/mol. The Hall–Kier alpha value is -2.20. The number of thiazole rings is 1. The van der Waals surface area contributed by atoms with E-state index < -0.39 is 0 Å². The van der Waals surface area contributed by atoms with Crippen molar-refractivity contribution in [1.29, 1.82) is 0 Å². The second-order valence-corrected chi connectivity index (χ2v) is 5.12. The fourth-order valence-electron chi connectivity index (χ4n) is 2.07. The highest BCUT2D eigenvalue weighted by atomic mass is 32.1. The van der Waals surface area contributed by atoms with Crippen molar-refractivity contribution in [3.8, 4) is 0 Å². The van der Waals surface area contributed by atoms with Crippen LogP contribution in [-0.2, 0) is 6.54 Å². The Balaban J connectivity index is 1.96. The van der Waals surface area contributed by atoms with Crippen molar-refractivity contribution in [2.75, 3.05) is 0 Å². The van der Waals surface area contributed by atoms with Gasteiger partial charge in [-0.05, 0) is 6.07 Å². The van der Waals surface area contributed by atoms with Crippen LogP contribution in [0, 0.1) is 0 Å². The molecule has 1 N–H and O–H groups in total. The maximum atomic E-state index is 9.23. The second-order valence-electron chi connectivity index (χ2n) is 4.23. The van der Waals surface area contributed by atoms with E-state index in [1.807, 2.05) is 42.5 Å². The minimum Gasteiger partial charge on any atom is -0.410 e. The maximum Gasteiger partial charge on any atom is 0.226 e. The molecule has 0 saturated carbocycles. The van der Waals surface area contributed by atoms with E-state index in [1.54, 1.807) is 11.3 Å². The van der Waals surface area contributed by atoms with Crippen molar-refractivity contribution in [2.24, 2.45) is 5.16 Å². The Morgan fingerprint density at radius 2 is 1.79 bits per heavy atom. The van der Waals surface area contributed by atoms with Gasteiger partial charge in [0.15, 0.2) is 12.3 Å². The second kappa shape index (κ2) is 5.20. The Morgan fingerprint density at radius 1 is 1.05 bits per heavy atom. The van der Waals surface area contributed by atoms with Crippen LogP contribution in [0.25, 0.3) is 10.2 Å². The minimum atomic E-state index is 0.560. The standard InChI is InChI=1S/C15H12N2OS/c18-16-13(12-6-2-1-3-7-12)10-17-11-19-15-9-5-4-8-14(15)17/h1-9,11H,10H2/p+1/b16-13-. The summed E-state index contributed by atoms with van der Waals surface area (Å²) in [5.74, 6) is 0. The molecule has 0 saturated heterocycles. The largest absolute Gasteiger partial charge is 0.410 e. The number of rotatable bonds is 3. The van der Waals surface area contributed by atoms with Crippen LogP contribution in [0.4, 0.5) is 0 Å². The lowest BCUT2D eigenvalue weighted by Crippen LogP contribution is -2.36. The molecule has 1 heterocycles. The number of fused-ring (bicyclic) bond motifs is 1. The monoisotopic (exact) mass is 269 g/mol. The van der Waals surface area contributed by atoms with Crippen molar-refractivity contribution in [3.05, 3.63) is 65.7 Å². The first-order valence-corrected chi connectivity index (χ1v) is 6.88. The van der Waals surface area contributed by atoms with Gasteiger partial charge in [0.2, 0.25) is 11.0 Å². The van der Waals surface area contributed by atoms with Gasteiger partial charge in [0.1, 0.15) is 4.70 Å². The van der Waals surface area contributed by atoms with Gasteiger partial charge in [0.25, 0.3) is 0 Å². The number of hydrogen-bond donors (Lipinski definition) is 1. The zero-order chi connectivity index (χ0) is 13.1. The van der Waals surface area contributed by atoms with Gasteiger partial charge >= 0.3 is 0 Å². The van der Waals surface area contributed by atoms with Gasteiger partial charge in [-0.25, -0.2) is 0 Å². The van der Waals surface area contributed by atoms with Crippen LogP contribution in [0.2, 0.25) is 0 Å². The lowest BCUT2D eigenvalue weighted by molar-refractivity contribution is -0.651. The number of hydrogen-bond acceptors (Lipinski definition) is 3.